The van der Waals surface area contributed by atoms with Crippen LogP contribution in [-0.2, 0) is 7.05 Å². The van der Waals surface area contributed by atoms with Crippen molar-refractivity contribution < 1.29 is 4.79 Å². The number of hydrogen-bond donors (Lipinski definition) is 1. The van der Waals surface area contributed by atoms with Gasteiger partial charge in [0.15, 0.2) is 0 Å². The van der Waals surface area contributed by atoms with Crippen LogP contribution >= 0.6 is 0 Å². The fourth-order valence-corrected chi connectivity index (χ4v) is 3.76. The van der Waals surface area contributed by atoms with Gasteiger partial charge in [-0.25, -0.2) is 15.0 Å². The Morgan fingerprint density at radius 3 is 2.62 bits per heavy atom. The predicted octanol–water partition coefficient (Wildman–Crippen LogP) is 2.43. The van der Waals surface area contributed by atoms with Crippen molar-refractivity contribution in [2.45, 2.75) is 0 Å². The number of rotatable bonds is 4. The monoisotopic (exact) mass is 428 g/mol. The second-order valence-corrected chi connectivity index (χ2v) is 8.01. The number of nitrogens with one attached hydrogen (secondary N) is 1. The molecule has 4 aromatic heterocycles. The van der Waals surface area contributed by atoms with Crippen molar-refractivity contribution in [3.05, 3.63) is 60.7 Å². The SMILES string of the molecule is CN1CCN(c2cc(C(=O)Nc3cc4nc(-c5cnn(C)c5)ccc4cn3)ccn2)CC1. The van der Waals surface area contributed by atoms with E-state index in [1.165, 1.54) is 0 Å². The number of anilines is 2. The van der Waals surface area contributed by atoms with Crippen LogP contribution in [0, 0.1) is 0 Å². The van der Waals surface area contributed by atoms with Crippen LogP contribution in [0.25, 0.3) is 22.2 Å². The molecule has 0 spiro atoms. The third kappa shape index (κ3) is 4.15. The lowest BCUT2D eigenvalue weighted by Gasteiger charge is -2.33. The Morgan fingerprint density at radius 2 is 1.84 bits per heavy atom. The molecule has 0 unspecified atom stereocenters. The van der Waals surface area contributed by atoms with Gasteiger partial charge in [0, 0.05) is 74.4 Å². The van der Waals surface area contributed by atoms with Gasteiger partial charge in [0.1, 0.15) is 11.6 Å². The molecule has 0 aromatic carbocycles. The molecule has 9 nitrogen and oxygen atoms in total. The van der Waals surface area contributed by atoms with Crippen molar-refractivity contribution in [3.8, 4) is 11.3 Å². The van der Waals surface area contributed by atoms with Crippen molar-refractivity contribution in [3.63, 3.8) is 0 Å². The van der Waals surface area contributed by atoms with Gasteiger partial charge in [0.05, 0.1) is 17.4 Å². The summed E-state index contributed by atoms with van der Waals surface area (Å²) in [5, 5.41) is 7.99. The van der Waals surface area contributed by atoms with E-state index in [4.69, 9.17) is 4.98 Å². The molecule has 1 N–H and O–H groups in total. The first-order valence-corrected chi connectivity index (χ1v) is 10.5. The molecule has 9 heteroatoms. The van der Waals surface area contributed by atoms with Crippen LogP contribution in [0.4, 0.5) is 11.6 Å². The largest absolute Gasteiger partial charge is 0.354 e. The topological polar surface area (TPSA) is 92.1 Å². The highest BCUT2D eigenvalue weighted by atomic mass is 16.1. The van der Waals surface area contributed by atoms with Crippen molar-refractivity contribution in [2.24, 2.45) is 7.05 Å². The van der Waals surface area contributed by atoms with Crippen LogP contribution in [0.2, 0.25) is 0 Å². The number of piperazine rings is 1. The quantitative estimate of drug-likeness (QED) is 0.534. The van der Waals surface area contributed by atoms with Crippen LogP contribution in [-0.4, -0.2) is 68.8 Å². The van der Waals surface area contributed by atoms with Crippen LogP contribution in [0.5, 0.6) is 0 Å². The van der Waals surface area contributed by atoms with E-state index < -0.39 is 0 Å². The fourth-order valence-electron chi connectivity index (χ4n) is 3.76. The molecule has 0 saturated carbocycles. The summed E-state index contributed by atoms with van der Waals surface area (Å²) in [6, 6.07) is 9.25. The van der Waals surface area contributed by atoms with Gasteiger partial charge in [-0.2, -0.15) is 5.10 Å². The first kappa shape index (κ1) is 20.1. The van der Waals surface area contributed by atoms with E-state index in [1.54, 1.807) is 35.4 Å². The van der Waals surface area contributed by atoms with E-state index in [2.05, 4.69) is 37.2 Å². The van der Waals surface area contributed by atoms with Crippen LogP contribution in [0.3, 0.4) is 0 Å². The van der Waals surface area contributed by atoms with Crippen LogP contribution in [0.1, 0.15) is 10.4 Å². The lowest BCUT2D eigenvalue weighted by molar-refractivity contribution is 0.102. The first-order chi connectivity index (χ1) is 15.5. The van der Waals surface area contributed by atoms with Crippen molar-refractivity contribution in [1.29, 1.82) is 0 Å². The number of carbonyl (C=O) groups is 1. The summed E-state index contributed by atoms with van der Waals surface area (Å²) in [6.45, 7) is 3.75. The molecule has 5 heterocycles. The fraction of sp³-hybridized carbons (Fsp3) is 0.261. The Kier molecular flexibility index (Phi) is 5.24. The molecule has 1 amide bonds. The standard InChI is InChI=1S/C23H24N8O/c1-29-7-9-31(10-8-29)22-11-16(5-6-24-22)23(32)28-21-12-20-17(13-25-21)3-4-19(27-20)18-14-26-30(2)15-18/h3-6,11-15H,7-10H2,1-2H3,(H,25,28,32). The molecule has 5 rings (SSSR count). The first-order valence-electron chi connectivity index (χ1n) is 10.5. The van der Waals surface area contributed by atoms with E-state index in [0.29, 0.717) is 11.4 Å². The Balaban J connectivity index is 1.36. The number of fused-ring (bicyclic) bond motifs is 1. The van der Waals surface area contributed by atoms with E-state index >= 15 is 0 Å². The number of hydrogen-bond acceptors (Lipinski definition) is 7. The summed E-state index contributed by atoms with van der Waals surface area (Å²) < 4.78 is 1.74. The Labute approximate surface area is 185 Å². The molecule has 1 fully saturated rings. The predicted molar refractivity (Wildman–Crippen MR) is 124 cm³/mol. The summed E-state index contributed by atoms with van der Waals surface area (Å²) in [7, 11) is 3.98. The number of amides is 1. The summed E-state index contributed by atoms with van der Waals surface area (Å²) in [6.07, 6.45) is 7.09. The molecule has 1 aliphatic rings. The maximum absolute atomic E-state index is 12.9. The second-order valence-electron chi connectivity index (χ2n) is 8.01. The Morgan fingerprint density at radius 1 is 1.00 bits per heavy atom. The third-order valence-electron chi connectivity index (χ3n) is 5.65. The van der Waals surface area contributed by atoms with Gasteiger partial charge in [-0.05, 0) is 31.3 Å². The highest BCUT2D eigenvalue weighted by molar-refractivity contribution is 6.04. The molecule has 0 aliphatic carbocycles. The van der Waals surface area contributed by atoms with E-state index in [-0.39, 0.29) is 5.91 Å². The normalized spacial score (nSPS) is 14.6. The van der Waals surface area contributed by atoms with Gasteiger partial charge in [0.25, 0.3) is 5.91 Å². The highest BCUT2D eigenvalue weighted by Crippen LogP contribution is 2.22. The smallest absolute Gasteiger partial charge is 0.257 e. The molecular formula is C23H24N8O. The molecule has 1 saturated heterocycles. The number of aryl methyl sites for hydroxylation is 1. The number of carbonyl (C=O) groups excluding carboxylic acids is 1. The summed E-state index contributed by atoms with van der Waals surface area (Å²) in [5.74, 6) is 1.05. The molecule has 32 heavy (non-hydrogen) atoms. The van der Waals surface area contributed by atoms with Crippen LogP contribution in [0.15, 0.2) is 55.1 Å². The number of likely N-dealkylation sites (N-methyl/N-ethyl adjacent to an activating group) is 1. The minimum Gasteiger partial charge on any atom is -0.354 e. The third-order valence-corrected chi connectivity index (χ3v) is 5.65. The zero-order chi connectivity index (χ0) is 22.1. The minimum absolute atomic E-state index is 0.224. The maximum Gasteiger partial charge on any atom is 0.257 e. The lowest BCUT2D eigenvalue weighted by Crippen LogP contribution is -2.44. The maximum atomic E-state index is 12.9. The van der Waals surface area contributed by atoms with Gasteiger partial charge in [-0.1, -0.05) is 0 Å². The van der Waals surface area contributed by atoms with Gasteiger partial charge in [-0.3, -0.25) is 9.48 Å². The minimum atomic E-state index is -0.224. The molecular weight excluding hydrogens is 404 g/mol. The molecule has 4 aromatic rings. The van der Waals surface area contributed by atoms with Crippen molar-refractivity contribution in [2.75, 3.05) is 43.4 Å². The summed E-state index contributed by atoms with van der Waals surface area (Å²) in [5.41, 5.74) is 3.06. The van der Waals surface area contributed by atoms with E-state index in [1.807, 2.05) is 31.4 Å². The zero-order valence-corrected chi connectivity index (χ0v) is 18.1. The Hall–Kier alpha value is -3.85. The Bertz CT molecular complexity index is 1280. The molecule has 0 bridgehead atoms. The average Bonchev–Trinajstić information content (AvgIpc) is 3.25. The van der Waals surface area contributed by atoms with Gasteiger partial charge < -0.3 is 15.1 Å². The molecule has 1 aliphatic heterocycles. The van der Waals surface area contributed by atoms with Gasteiger partial charge in [-0.15, -0.1) is 0 Å². The van der Waals surface area contributed by atoms with Gasteiger partial charge in [0.2, 0.25) is 0 Å². The zero-order valence-electron chi connectivity index (χ0n) is 18.1. The van der Waals surface area contributed by atoms with Crippen molar-refractivity contribution >= 4 is 28.4 Å². The van der Waals surface area contributed by atoms with Gasteiger partial charge >= 0.3 is 0 Å². The number of nitrogens with zero attached hydrogens (tertiary/aromatic N) is 7. The molecule has 162 valence electrons. The number of pyridine rings is 3. The van der Waals surface area contributed by atoms with Crippen LogP contribution < -0.4 is 10.2 Å². The molecule has 0 atom stereocenters. The number of aromatic nitrogens is 5. The molecule has 0 radical (unpaired) electrons. The average molecular weight is 429 g/mol. The highest BCUT2D eigenvalue weighted by Gasteiger charge is 2.17. The summed E-state index contributed by atoms with van der Waals surface area (Å²) in [4.78, 5) is 30.9. The summed E-state index contributed by atoms with van der Waals surface area (Å²) >= 11 is 0. The second kappa shape index (κ2) is 8.35. The van der Waals surface area contributed by atoms with E-state index in [0.717, 1.165) is 54.2 Å². The lowest BCUT2D eigenvalue weighted by atomic mass is 10.2. The van der Waals surface area contributed by atoms with Crippen molar-refractivity contribution in [1.82, 2.24) is 29.6 Å². The van der Waals surface area contributed by atoms with E-state index in [9.17, 15) is 4.79 Å².